The Bertz CT molecular complexity index is 1020. The summed E-state index contributed by atoms with van der Waals surface area (Å²) in [5, 5.41) is 14.3. The van der Waals surface area contributed by atoms with Gasteiger partial charge in [0.25, 0.3) is 5.19 Å². The fraction of sp³-hybridized carbons (Fsp3) is 0.316. The first-order valence-corrected chi connectivity index (χ1v) is 10.6. The molecule has 2 heterocycles. The molecule has 0 bridgehead atoms. The molecule has 1 aliphatic rings. The lowest BCUT2D eigenvalue weighted by Gasteiger charge is -2.08. The SMILES string of the molecule is O=C(Cn1cnnn1)NC/C=C/c1cnc(Oc2ccc(OCC3CC3)cc2Cl)s1. The number of thiazole rings is 1. The Morgan fingerprint density at radius 2 is 2.30 bits per heavy atom. The zero-order valence-corrected chi connectivity index (χ0v) is 17.5. The monoisotopic (exact) mass is 446 g/mol. The number of amides is 1. The Morgan fingerprint density at radius 3 is 3.07 bits per heavy atom. The van der Waals surface area contributed by atoms with E-state index in [1.165, 1.54) is 35.2 Å². The molecule has 156 valence electrons. The predicted octanol–water partition coefficient (Wildman–Crippen LogP) is 3.19. The lowest BCUT2D eigenvalue weighted by atomic mass is 10.3. The predicted molar refractivity (Wildman–Crippen MR) is 112 cm³/mol. The molecule has 0 atom stereocenters. The molecule has 1 fully saturated rings. The summed E-state index contributed by atoms with van der Waals surface area (Å²) in [6.07, 6.45) is 9.24. The summed E-state index contributed by atoms with van der Waals surface area (Å²) in [5.74, 6) is 1.76. The van der Waals surface area contributed by atoms with Gasteiger partial charge in [0.1, 0.15) is 24.4 Å². The molecule has 11 heteroatoms. The molecule has 4 rings (SSSR count). The summed E-state index contributed by atoms with van der Waals surface area (Å²) in [4.78, 5) is 16.9. The third kappa shape index (κ3) is 6.01. The Morgan fingerprint density at radius 1 is 1.40 bits per heavy atom. The van der Waals surface area contributed by atoms with E-state index >= 15 is 0 Å². The number of hydrogen-bond acceptors (Lipinski definition) is 8. The van der Waals surface area contributed by atoms with E-state index in [0.29, 0.717) is 28.4 Å². The van der Waals surface area contributed by atoms with Gasteiger partial charge in [-0.15, -0.1) is 5.10 Å². The number of hydrogen-bond donors (Lipinski definition) is 1. The Kier molecular flexibility index (Phi) is 6.55. The average molecular weight is 447 g/mol. The molecule has 0 spiro atoms. The summed E-state index contributed by atoms with van der Waals surface area (Å²) in [6.45, 7) is 1.19. The van der Waals surface area contributed by atoms with Crippen molar-refractivity contribution in [2.75, 3.05) is 13.2 Å². The third-order valence-corrected chi connectivity index (χ3v) is 5.32. The first-order valence-electron chi connectivity index (χ1n) is 9.36. The van der Waals surface area contributed by atoms with E-state index in [-0.39, 0.29) is 12.5 Å². The van der Waals surface area contributed by atoms with Gasteiger partial charge in [-0.2, -0.15) is 0 Å². The number of ether oxygens (including phenoxy) is 2. The minimum atomic E-state index is -0.181. The topological polar surface area (TPSA) is 104 Å². The molecular weight excluding hydrogens is 428 g/mol. The Labute approximate surface area is 181 Å². The van der Waals surface area contributed by atoms with Crippen LogP contribution in [0.25, 0.3) is 6.08 Å². The van der Waals surface area contributed by atoms with Crippen molar-refractivity contribution in [1.82, 2.24) is 30.5 Å². The van der Waals surface area contributed by atoms with Crippen molar-refractivity contribution in [2.24, 2.45) is 5.92 Å². The molecule has 1 aromatic carbocycles. The lowest BCUT2D eigenvalue weighted by Crippen LogP contribution is -2.27. The summed E-state index contributed by atoms with van der Waals surface area (Å²) in [5.41, 5.74) is 0. The van der Waals surface area contributed by atoms with Gasteiger partial charge in [0.15, 0.2) is 0 Å². The van der Waals surface area contributed by atoms with E-state index in [1.54, 1.807) is 18.3 Å². The van der Waals surface area contributed by atoms with E-state index in [2.05, 4.69) is 25.8 Å². The van der Waals surface area contributed by atoms with Crippen LogP contribution in [0.2, 0.25) is 5.02 Å². The maximum atomic E-state index is 11.7. The number of carbonyl (C=O) groups excluding carboxylic acids is 1. The largest absolute Gasteiger partial charge is 0.493 e. The van der Waals surface area contributed by atoms with Crippen LogP contribution in [-0.4, -0.2) is 44.3 Å². The standard InChI is InChI=1S/C19H19ClN6O3S/c20-16-8-14(28-11-13-3-4-13)5-6-17(16)29-19-22-9-15(30-19)2-1-7-21-18(27)10-26-12-23-24-25-26/h1-2,5-6,8-9,12-13H,3-4,7,10-11H2,(H,21,27)/b2-1+. The van der Waals surface area contributed by atoms with Crippen LogP contribution in [0.4, 0.5) is 0 Å². The van der Waals surface area contributed by atoms with E-state index in [9.17, 15) is 4.79 Å². The first-order chi connectivity index (χ1) is 14.7. The van der Waals surface area contributed by atoms with Crippen LogP contribution in [-0.2, 0) is 11.3 Å². The summed E-state index contributed by atoms with van der Waals surface area (Å²) in [6, 6.07) is 5.38. The fourth-order valence-electron chi connectivity index (χ4n) is 2.44. The molecule has 2 aromatic heterocycles. The maximum absolute atomic E-state index is 11.7. The summed E-state index contributed by atoms with van der Waals surface area (Å²) < 4.78 is 12.8. The van der Waals surface area contributed by atoms with Crippen LogP contribution >= 0.6 is 22.9 Å². The van der Waals surface area contributed by atoms with Crippen molar-refractivity contribution < 1.29 is 14.3 Å². The molecule has 1 amide bonds. The molecule has 9 nitrogen and oxygen atoms in total. The number of tetrazole rings is 1. The number of nitrogens with one attached hydrogen (secondary N) is 1. The van der Waals surface area contributed by atoms with E-state index in [1.807, 2.05) is 18.2 Å². The van der Waals surface area contributed by atoms with Gasteiger partial charge in [-0.1, -0.05) is 29.0 Å². The maximum Gasteiger partial charge on any atom is 0.279 e. The van der Waals surface area contributed by atoms with Crippen molar-refractivity contribution in [2.45, 2.75) is 19.4 Å². The number of rotatable bonds is 10. The van der Waals surface area contributed by atoms with Crippen LogP contribution in [0.1, 0.15) is 17.7 Å². The molecular formula is C19H19ClN6O3S. The number of benzene rings is 1. The highest BCUT2D eigenvalue weighted by Crippen LogP contribution is 2.35. The second-order valence-corrected chi connectivity index (χ2v) is 8.12. The minimum absolute atomic E-state index is 0.0740. The zero-order valence-electron chi connectivity index (χ0n) is 15.9. The van der Waals surface area contributed by atoms with Gasteiger partial charge >= 0.3 is 0 Å². The van der Waals surface area contributed by atoms with Gasteiger partial charge in [0, 0.05) is 18.8 Å². The van der Waals surface area contributed by atoms with Crippen molar-refractivity contribution in [3.63, 3.8) is 0 Å². The molecule has 0 aliphatic heterocycles. The van der Waals surface area contributed by atoms with Gasteiger partial charge < -0.3 is 14.8 Å². The highest BCUT2D eigenvalue weighted by molar-refractivity contribution is 7.14. The average Bonchev–Trinajstić information content (AvgIpc) is 3.22. The molecule has 0 saturated heterocycles. The molecule has 30 heavy (non-hydrogen) atoms. The van der Waals surface area contributed by atoms with Crippen LogP contribution < -0.4 is 14.8 Å². The zero-order chi connectivity index (χ0) is 20.8. The summed E-state index contributed by atoms with van der Waals surface area (Å²) in [7, 11) is 0. The highest BCUT2D eigenvalue weighted by atomic mass is 35.5. The van der Waals surface area contributed by atoms with Crippen LogP contribution in [0.3, 0.4) is 0 Å². The van der Waals surface area contributed by atoms with Crippen molar-refractivity contribution >= 4 is 34.9 Å². The van der Waals surface area contributed by atoms with Gasteiger partial charge in [0.2, 0.25) is 5.91 Å². The first kappa shape index (κ1) is 20.3. The van der Waals surface area contributed by atoms with Crippen molar-refractivity contribution in [3.05, 3.63) is 46.7 Å². The molecule has 3 aromatic rings. The van der Waals surface area contributed by atoms with Crippen LogP contribution in [0, 0.1) is 5.92 Å². The molecule has 0 radical (unpaired) electrons. The van der Waals surface area contributed by atoms with E-state index in [0.717, 1.165) is 17.2 Å². The van der Waals surface area contributed by atoms with E-state index in [4.69, 9.17) is 21.1 Å². The number of nitrogens with zero attached hydrogens (tertiary/aromatic N) is 5. The molecule has 1 N–H and O–H groups in total. The quantitative estimate of drug-likeness (QED) is 0.510. The third-order valence-electron chi connectivity index (χ3n) is 4.18. The summed E-state index contributed by atoms with van der Waals surface area (Å²) >= 11 is 7.68. The van der Waals surface area contributed by atoms with Gasteiger partial charge in [-0.25, -0.2) is 9.67 Å². The van der Waals surface area contributed by atoms with Crippen molar-refractivity contribution in [1.29, 1.82) is 0 Å². The Hall–Kier alpha value is -2.98. The molecule has 0 unspecified atom stereocenters. The smallest absolute Gasteiger partial charge is 0.279 e. The fourth-order valence-corrected chi connectivity index (χ4v) is 3.36. The number of halogens is 1. The second-order valence-electron chi connectivity index (χ2n) is 6.69. The van der Waals surface area contributed by atoms with Crippen LogP contribution in [0.15, 0.2) is 36.8 Å². The number of aromatic nitrogens is 5. The Balaban J connectivity index is 1.24. The van der Waals surface area contributed by atoms with Gasteiger partial charge in [-0.05, 0) is 47.4 Å². The minimum Gasteiger partial charge on any atom is -0.493 e. The molecule has 1 saturated carbocycles. The van der Waals surface area contributed by atoms with Crippen LogP contribution in [0.5, 0.6) is 16.7 Å². The highest BCUT2D eigenvalue weighted by Gasteiger charge is 2.22. The van der Waals surface area contributed by atoms with Gasteiger partial charge in [0.05, 0.1) is 16.5 Å². The molecule has 1 aliphatic carbocycles. The van der Waals surface area contributed by atoms with E-state index < -0.39 is 0 Å². The van der Waals surface area contributed by atoms with Crippen molar-refractivity contribution in [3.8, 4) is 16.7 Å². The lowest BCUT2D eigenvalue weighted by molar-refractivity contribution is -0.121. The second kappa shape index (κ2) is 9.68. The normalized spacial score (nSPS) is 13.5. The number of carbonyl (C=O) groups is 1. The van der Waals surface area contributed by atoms with Gasteiger partial charge in [-0.3, -0.25) is 4.79 Å².